The van der Waals surface area contributed by atoms with Crippen LogP contribution in [0.4, 0.5) is 0 Å². The van der Waals surface area contributed by atoms with Crippen LogP contribution in [-0.2, 0) is 4.79 Å². The molecule has 1 atom stereocenters. The van der Waals surface area contributed by atoms with E-state index in [1.54, 1.807) is 13.8 Å². The molecule has 0 radical (unpaired) electrons. The SMILES string of the molecule is C=PC(C)(O)C(=O)C(C)C. The Morgan fingerprint density at radius 2 is 2.10 bits per heavy atom. The summed E-state index contributed by atoms with van der Waals surface area (Å²) in [6.07, 6.45) is 3.46. The summed E-state index contributed by atoms with van der Waals surface area (Å²) in [5.41, 5.74) is 0. The Hall–Kier alpha value is -0.200. The first-order valence-electron chi connectivity index (χ1n) is 3.16. The maximum Gasteiger partial charge on any atom is 0.175 e. The molecule has 0 aliphatic carbocycles. The molecule has 3 heteroatoms. The maximum atomic E-state index is 11.1. The van der Waals surface area contributed by atoms with E-state index >= 15 is 0 Å². The van der Waals surface area contributed by atoms with Gasteiger partial charge in [-0.25, -0.2) is 0 Å². The Labute approximate surface area is 63.1 Å². The Morgan fingerprint density at radius 1 is 1.70 bits per heavy atom. The second-order valence-electron chi connectivity index (χ2n) is 2.70. The minimum Gasteiger partial charge on any atom is -0.374 e. The minimum absolute atomic E-state index is 0.121. The number of aliphatic hydroxyl groups is 1. The molecule has 0 aromatic heterocycles. The monoisotopic (exact) mass is 160 g/mol. The normalized spacial score (nSPS) is 17.3. The first kappa shape index (κ1) is 9.80. The van der Waals surface area contributed by atoms with Crippen molar-refractivity contribution in [1.82, 2.24) is 0 Å². The molecule has 0 saturated carbocycles. The Morgan fingerprint density at radius 3 is 2.20 bits per heavy atom. The number of carbonyl (C=O) groups is 1. The highest BCUT2D eigenvalue weighted by atomic mass is 31.1. The van der Waals surface area contributed by atoms with Gasteiger partial charge in [0.25, 0.3) is 0 Å². The topological polar surface area (TPSA) is 37.3 Å². The Kier molecular flexibility index (Phi) is 3.20. The van der Waals surface area contributed by atoms with E-state index in [-0.39, 0.29) is 11.7 Å². The van der Waals surface area contributed by atoms with Gasteiger partial charge in [-0.2, -0.15) is 0 Å². The fourth-order valence-electron chi connectivity index (χ4n) is 0.625. The second-order valence-corrected chi connectivity index (χ2v) is 3.88. The molecule has 0 heterocycles. The van der Waals surface area contributed by atoms with Gasteiger partial charge in [0.15, 0.2) is 11.1 Å². The van der Waals surface area contributed by atoms with Gasteiger partial charge in [0.2, 0.25) is 0 Å². The standard InChI is InChI=1S/C7H13O2P/c1-5(2)6(8)7(3,9)10-4/h5,9H,4H2,1-3H3. The first-order chi connectivity index (χ1) is 4.41. The van der Waals surface area contributed by atoms with Crippen LogP contribution in [0, 0.1) is 5.92 Å². The average molecular weight is 160 g/mol. The Bertz CT molecular complexity index is 150. The van der Waals surface area contributed by atoms with E-state index in [1.807, 2.05) is 0 Å². The molecular formula is C7H13O2P. The Balaban J connectivity index is 4.33. The summed E-state index contributed by atoms with van der Waals surface area (Å²) in [5.74, 6) is -0.270. The van der Waals surface area contributed by atoms with Gasteiger partial charge in [-0.3, -0.25) is 4.79 Å². The van der Waals surface area contributed by atoms with E-state index in [0.29, 0.717) is 8.20 Å². The molecular weight excluding hydrogens is 147 g/mol. The molecule has 0 aliphatic rings. The molecule has 0 bridgehead atoms. The predicted octanol–water partition coefficient (Wildman–Crippen LogP) is 1.30. The van der Waals surface area contributed by atoms with Crippen LogP contribution < -0.4 is 0 Å². The lowest BCUT2D eigenvalue weighted by molar-refractivity contribution is -0.131. The quantitative estimate of drug-likeness (QED) is 0.632. The molecule has 58 valence electrons. The maximum absolute atomic E-state index is 11.1. The largest absolute Gasteiger partial charge is 0.374 e. The lowest BCUT2D eigenvalue weighted by Crippen LogP contribution is -2.32. The molecule has 0 rings (SSSR count). The van der Waals surface area contributed by atoms with Crippen molar-refractivity contribution in [3.05, 3.63) is 0 Å². The lowest BCUT2D eigenvalue weighted by atomic mass is 10.1. The van der Waals surface area contributed by atoms with Gasteiger partial charge >= 0.3 is 0 Å². The highest BCUT2D eigenvalue weighted by Gasteiger charge is 2.28. The van der Waals surface area contributed by atoms with Gasteiger partial charge in [0.05, 0.1) is 0 Å². The van der Waals surface area contributed by atoms with Crippen LogP contribution in [-0.4, -0.2) is 22.5 Å². The minimum atomic E-state index is -1.26. The van der Waals surface area contributed by atoms with Crippen LogP contribution in [0.5, 0.6) is 0 Å². The number of hydrogen-bond donors (Lipinski definition) is 1. The molecule has 1 N–H and O–H groups in total. The molecule has 0 fully saturated rings. The number of carbonyl (C=O) groups excluding carboxylic acids is 1. The zero-order chi connectivity index (χ0) is 8.36. The third-order valence-corrected chi connectivity index (χ3v) is 2.14. The molecule has 0 aromatic rings. The second kappa shape index (κ2) is 3.27. The molecule has 0 aromatic carbocycles. The van der Waals surface area contributed by atoms with Crippen LogP contribution in [0.15, 0.2) is 0 Å². The van der Waals surface area contributed by atoms with E-state index in [9.17, 15) is 9.90 Å². The van der Waals surface area contributed by atoms with E-state index in [0.717, 1.165) is 0 Å². The van der Waals surface area contributed by atoms with Crippen LogP contribution in [0.3, 0.4) is 0 Å². The molecule has 0 aliphatic heterocycles. The fraction of sp³-hybridized carbons (Fsp3) is 0.714. The molecule has 0 spiro atoms. The highest BCUT2D eigenvalue weighted by Crippen LogP contribution is 2.22. The average Bonchev–Trinajstić information content (AvgIpc) is 1.86. The summed E-state index contributed by atoms with van der Waals surface area (Å²) in [6.45, 7) is 5.02. The molecule has 1 unspecified atom stereocenters. The fourth-order valence-corrected chi connectivity index (χ4v) is 1.04. The first-order valence-corrected chi connectivity index (χ1v) is 4.24. The van der Waals surface area contributed by atoms with E-state index in [1.165, 1.54) is 6.92 Å². The van der Waals surface area contributed by atoms with Crippen LogP contribution in [0.2, 0.25) is 0 Å². The molecule has 0 amide bonds. The summed E-state index contributed by atoms with van der Waals surface area (Å²) in [7, 11) is 0.467. The van der Waals surface area contributed by atoms with Crippen LogP contribution >= 0.6 is 8.20 Å². The van der Waals surface area contributed by atoms with Crippen molar-refractivity contribution in [1.29, 1.82) is 0 Å². The number of rotatable bonds is 3. The summed E-state index contributed by atoms with van der Waals surface area (Å²) in [4.78, 5) is 11.1. The van der Waals surface area contributed by atoms with Crippen LogP contribution in [0.1, 0.15) is 20.8 Å². The van der Waals surface area contributed by atoms with Gasteiger partial charge < -0.3 is 5.11 Å². The molecule has 0 saturated heterocycles. The van der Waals surface area contributed by atoms with Crippen molar-refractivity contribution >= 4 is 20.3 Å². The zero-order valence-corrected chi connectivity index (χ0v) is 7.48. The lowest BCUT2D eigenvalue weighted by Gasteiger charge is -2.17. The van der Waals surface area contributed by atoms with E-state index in [2.05, 4.69) is 6.30 Å². The van der Waals surface area contributed by atoms with Crippen molar-refractivity contribution in [2.75, 3.05) is 0 Å². The summed E-state index contributed by atoms with van der Waals surface area (Å²) < 4.78 is 0. The zero-order valence-electron chi connectivity index (χ0n) is 6.59. The van der Waals surface area contributed by atoms with Crippen LogP contribution in [0.25, 0.3) is 0 Å². The number of ketones is 1. The summed E-state index contributed by atoms with van der Waals surface area (Å²) in [6, 6.07) is 0. The van der Waals surface area contributed by atoms with E-state index < -0.39 is 5.34 Å². The summed E-state index contributed by atoms with van der Waals surface area (Å²) >= 11 is 0. The molecule has 2 nitrogen and oxygen atoms in total. The molecule has 10 heavy (non-hydrogen) atoms. The van der Waals surface area contributed by atoms with Gasteiger partial charge in [-0.05, 0) is 6.92 Å². The van der Waals surface area contributed by atoms with Crippen molar-refractivity contribution in [2.24, 2.45) is 5.92 Å². The third-order valence-electron chi connectivity index (χ3n) is 1.30. The van der Waals surface area contributed by atoms with Crippen molar-refractivity contribution < 1.29 is 9.90 Å². The van der Waals surface area contributed by atoms with Gasteiger partial charge in [0.1, 0.15) is 0 Å². The van der Waals surface area contributed by atoms with Gasteiger partial charge in [0, 0.05) is 5.92 Å². The third kappa shape index (κ3) is 2.20. The van der Waals surface area contributed by atoms with Gasteiger partial charge in [-0.15, -0.1) is 0 Å². The van der Waals surface area contributed by atoms with E-state index in [4.69, 9.17) is 0 Å². The predicted molar refractivity (Wildman–Crippen MR) is 44.5 cm³/mol. The van der Waals surface area contributed by atoms with Crippen molar-refractivity contribution in [3.63, 3.8) is 0 Å². The number of Topliss-reactive ketones (excluding diaryl/α,β-unsaturated/α-hetero) is 1. The number of hydrogen-bond acceptors (Lipinski definition) is 2. The van der Waals surface area contributed by atoms with Gasteiger partial charge in [-0.1, -0.05) is 28.4 Å². The highest BCUT2D eigenvalue weighted by molar-refractivity contribution is 7.39. The smallest absolute Gasteiger partial charge is 0.175 e. The van der Waals surface area contributed by atoms with Crippen molar-refractivity contribution in [3.8, 4) is 0 Å². The van der Waals surface area contributed by atoms with Crippen molar-refractivity contribution in [2.45, 2.75) is 26.1 Å². The summed E-state index contributed by atoms with van der Waals surface area (Å²) in [5, 5.41) is 8.08.